The van der Waals surface area contributed by atoms with E-state index in [9.17, 15) is 0 Å². The van der Waals surface area contributed by atoms with Crippen molar-refractivity contribution in [3.63, 3.8) is 0 Å². The van der Waals surface area contributed by atoms with E-state index in [1.165, 1.54) is 5.56 Å². The lowest BCUT2D eigenvalue weighted by Gasteiger charge is -2.13. The highest BCUT2D eigenvalue weighted by Gasteiger charge is 2.11. The SMILES string of the molecule is COc1ccc2[nH]c(=S)n(CC(C)c3ccccc3)c2c1. The van der Waals surface area contributed by atoms with Gasteiger partial charge in [0.1, 0.15) is 5.75 Å². The van der Waals surface area contributed by atoms with Crippen LogP contribution < -0.4 is 4.74 Å². The van der Waals surface area contributed by atoms with Gasteiger partial charge in [-0.05, 0) is 35.8 Å². The smallest absolute Gasteiger partial charge is 0.178 e. The first-order valence-corrected chi connectivity index (χ1v) is 7.41. The molecule has 0 aliphatic heterocycles. The van der Waals surface area contributed by atoms with Crippen molar-refractivity contribution >= 4 is 23.3 Å². The molecule has 4 heteroatoms. The molecule has 0 amide bonds. The summed E-state index contributed by atoms with van der Waals surface area (Å²) < 4.78 is 8.21. The molecule has 2 aromatic carbocycles. The molecule has 0 spiro atoms. The van der Waals surface area contributed by atoms with Gasteiger partial charge in [0.2, 0.25) is 0 Å². The molecule has 0 saturated heterocycles. The highest BCUT2D eigenvalue weighted by molar-refractivity contribution is 7.71. The van der Waals surface area contributed by atoms with Gasteiger partial charge in [-0.15, -0.1) is 0 Å². The van der Waals surface area contributed by atoms with Crippen LogP contribution >= 0.6 is 12.2 Å². The van der Waals surface area contributed by atoms with Gasteiger partial charge in [-0.1, -0.05) is 37.3 Å². The third-order valence-corrected chi connectivity index (χ3v) is 4.13. The maximum absolute atomic E-state index is 5.47. The third kappa shape index (κ3) is 2.72. The molecular weight excluding hydrogens is 280 g/mol. The van der Waals surface area contributed by atoms with Crippen molar-refractivity contribution in [2.24, 2.45) is 0 Å². The standard InChI is InChI=1S/C17H18N2OS/c1-12(13-6-4-3-5-7-13)11-19-16-10-14(20-2)8-9-15(16)18-17(19)21/h3-10,12H,11H2,1-2H3,(H,18,21). The molecule has 1 heterocycles. The summed E-state index contributed by atoms with van der Waals surface area (Å²) in [7, 11) is 1.68. The number of nitrogens with one attached hydrogen (secondary N) is 1. The van der Waals surface area contributed by atoms with Gasteiger partial charge in [0.25, 0.3) is 0 Å². The normalized spacial score (nSPS) is 12.5. The minimum absolute atomic E-state index is 0.392. The highest BCUT2D eigenvalue weighted by Crippen LogP contribution is 2.24. The summed E-state index contributed by atoms with van der Waals surface area (Å²) in [6.45, 7) is 3.06. The molecule has 1 unspecified atom stereocenters. The summed E-state index contributed by atoms with van der Waals surface area (Å²) in [5.41, 5.74) is 3.44. The minimum Gasteiger partial charge on any atom is -0.497 e. The Labute approximate surface area is 129 Å². The van der Waals surface area contributed by atoms with E-state index < -0.39 is 0 Å². The molecule has 0 fully saturated rings. The molecule has 1 aromatic heterocycles. The molecule has 0 aliphatic carbocycles. The quantitative estimate of drug-likeness (QED) is 0.718. The van der Waals surface area contributed by atoms with Gasteiger partial charge in [-0.25, -0.2) is 0 Å². The van der Waals surface area contributed by atoms with E-state index in [0.29, 0.717) is 5.92 Å². The van der Waals surface area contributed by atoms with Gasteiger partial charge >= 0.3 is 0 Å². The summed E-state index contributed by atoms with van der Waals surface area (Å²) in [4.78, 5) is 3.26. The lowest BCUT2D eigenvalue weighted by Crippen LogP contribution is -2.06. The fraction of sp³-hybridized carbons (Fsp3) is 0.235. The number of rotatable bonds is 4. The van der Waals surface area contributed by atoms with Crippen LogP contribution in [0.4, 0.5) is 0 Å². The number of hydrogen-bond donors (Lipinski definition) is 1. The van der Waals surface area contributed by atoms with Gasteiger partial charge in [0.05, 0.1) is 18.1 Å². The number of ether oxygens (including phenoxy) is 1. The van der Waals surface area contributed by atoms with Crippen LogP contribution in [0.15, 0.2) is 48.5 Å². The summed E-state index contributed by atoms with van der Waals surface area (Å²) in [6, 6.07) is 16.5. The van der Waals surface area contributed by atoms with Crippen molar-refractivity contribution in [3.8, 4) is 5.75 Å². The first-order valence-electron chi connectivity index (χ1n) is 7.00. The lowest BCUT2D eigenvalue weighted by molar-refractivity contribution is 0.415. The van der Waals surface area contributed by atoms with Crippen molar-refractivity contribution in [1.82, 2.24) is 9.55 Å². The van der Waals surface area contributed by atoms with Gasteiger partial charge in [-0.3, -0.25) is 0 Å². The zero-order valence-corrected chi connectivity index (χ0v) is 13.0. The Kier molecular flexibility index (Phi) is 3.80. The fourth-order valence-electron chi connectivity index (χ4n) is 2.60. The number of aromatic amines is 1. The monoisotopic (exact) mass is 298 g/mol. The zero-order chi connectivity index (χ0) is 14.8. The second kappa shape index (κ2) is 5.74. The number of aromatic nitrogens is 2. The van der Waals surface area contributed by atoms with Crippen LogP contribution in [0.1, 0.15) is 18.4 Å². The average molecular weight is 298 g/mol. The maximum Gasteiger partial charge on any atom is 0.178 e. The van der Waals surface area contributed by atoms with E-state index in [1.807, 2.05) is 24.3 Å². The Bertz CT molecular complexity index is 805. The van der Waals surface area contributed by atoms with Crippen LogP contribution in [0.3, 0.4) is 0 Å². The van der Waals surface area contributed by atoms with E-state index in [0.717, 1.165) is 28.1 Å². The topological polar surface area (TPSA) is 29.9 Å². The van der Waals surface area contributed by atoms with E-state index in [4.69, 9.17) is 17.0 Å². The molecule has 1 atom stereocenters. The van der Waals surface area contributed by atoms with Crippen LogP contribution in [0.5, 0.6) is 5.75 Å². The van der Waals surface area contributed by atoms with E-state index in [-0.39, 0.29) is 0 Å². The van der Waals surface area contributed by atoms with Gasteiger partial charge < -0.3 is 14.3 Å². The van der Waals surface area contributed by atoms with Crippen molar-refractivity contribution in [1.29, 1.82) is 0 Å². The Hall–Kier alpha value is -2.07. The molecule has 0 aliphatic rings. The van der Waals surface area contributed by atoms with Crippen LogP contribution in [-0.2, 0) is 6.54 Å². The summed E-state index contributed by atoms with van der Waals surface area (Å²) in [6.07, 6.45) is 0. The fourth-order valence-corrected chi connectivity index (χ4v) is 2.88. The Morgan fingerprint density at radius 3 is 2.67 bits per heavy atom. The minimum atomic E-state index is 0.392. The first-order chi connectivity index (χ1) is 10.2. The average Bonchev–Trinajstić information content (AvgIpc) is 2.83. The maximum atomic E-state index is 5.47. The molecule has 0 radical (unpaired) electrons. The molecule has 108 valence electrons. The van der Waals surface area contributed by atoms with Crippen LogP contribution in [0.25, 0.3) is 11.0 Å². The number of fused-ring (bicyclic) bond motifs is 1. The van der Waals surface area contributed by atoms with Gasteiger partial charge in [0.15, 0.2) is 4.77 Å². The van der Waals surface area contributed by atoms with Crippen molar-refractivity contribution in [2.45, 2.75) is 19.4 Å². The molecule has 3 aromatic rings. The predicted molar refractivity (Wildman–Crippen MR) is 88.5 cm³/mol. The molecule has 3 nitrogen and oxygen atoms in total. The lowest BCUT2D eigenvalue weighted by atomic mass is 10.0. The van der Waals surface area contributed by atoms with Gasteiger partial charge in [0, 0.05) is 12.6 Å². The largest absolute Gasteiger partial charge is 0.497 e. The van der Waals surface area contributed by atoms with Crippen LogP contribution in [-0.4, -0.2) is 16.7 Å². The van der Waals surface area contributed by atoms with E-state index in [1.54, 1.807) is 7.11 Å². The highest BCUT2D eigenvalue weighted by atomic mass is 32.1. The number of nitrogens with zero attached hydrogens (tertiary/aromatic N) is 1. The Morgan fingerprint density at radius 1 is 1.19 bits per heavy atom. The van der Waals surface area contributed by atoms with Crippen molar-refractivity contribution in [2.75, 3.05) is 7.11 Å². The number of hydrogen-bond acceptors (Lipinski definition) is 2. The van der Waals surface area contributed by atoms with E-state index in [2.05, 4.69) is 40.7 Å². The number of benzene rings is 2. The molecule has 1 N–H and O–H groups in total. The molecule has 0 bridgehead atoms. The predicted octanol–water partition coefficient (Wildman–Crippen LogP) is 4.51. The van der Waals surface area contributed by atoms with Crippen molar-refractivity contribution < 1.29 is 4.74 Å². The molecule has 21 heavy (non-hydrogen) atoms. The summed E-state index contributed by atoms with van der Waals surface area (Å²) in [5.74, 6) is 1.24. The molecule has 0 saturated carbocycles. The van der Waals surface area contributed by atoms with Gasteiger partial charge in [-0.2, -0.15) is 0 Å². The summed E-state index contributed by atoms with van der Waals surface area (Å²) >= 11 is 5.47. The van der Waals surface area contributed by atoms with Crippen LogP contribution in [0.2, 0.25) is 0 Å². The number of H-pyrrole nitrogens is 1. The number of imidazole rings is 1. The first kappa shape index (κ1) is 13.9. The Balaban J connectivity index is 2.00. The molecular formula is C17H18N2OS. The van der Waals surface area contributed by atoms with E-state index >= 15 is 0 Å². The Morgan fingerprint density at radius 2 is 1.95 bits per heavy atom. The summed E-state index contributed by atoms with van der Waals surface area (Å²) in [5, 5.41) is 0. The second-order valence-corrected chi connectivity index (χ2v) is 5.62. The number of methoxy groups -OCH3 is 1. The third-order valence-electron chi connectivity index (χ3n) is 3.81. The molecule has 3 rings (SSSR count). The second-order valence-electron chi connectivity index (χ2n) is 5.24. The van der Waals surface area contributed by atoms with Crippen LogP contribution in [0, 0.1) is 4.77 Å². The van der Waals surface area contributed by atoms with Crippen molar-refractivity contribution in [3.05, 3.63) is 58.9 Å². The zero-order valence-electron chi connectivity index (χ0n) is 12.2.